The number of carbonyl (C=O) groups is 3. The molecule has 6 atom stereocenters. The molecule has 1 N–H and O–H groups in total. The van der Waals surface area contributed by atoms with Gasteiger partial charge < -0.3 is 24.4 Å². The standard InChI is InChI=1S/C27H33BrN2O6S/c1-4-6-7-15-36-26(34)20-21-24(32)30(13-14-31)23(27(21)16-19(28)22(20)37-27)25(33)29(12-5-2)17-8-10-18(35-3)11-9-17/h4-5,8-11,19-23,31H,1-2,6-7,12-16H2,3H3/t19?,20-,21+,22-,23?,27?/m1/s1. The van der Waals surface area contributed by atoms with Gasteiger partial charge in [0.15, 0.2) is 0 Å². The van der Waals surface area contributed by atoms with Crippen molar-refractivity contribution in [2.75, 3.05) is 38.3 Å². The van der Waals surface area contributed by atoms with Gasteiger partial charge >= 0.3 is 5.97 Å². The SMILES string of the molecule is C=CCCCOC(=O)[C@H]1[C@@H]2SC3(CC2Br)C(C(=O)N(CC=C)c2ccc(OC)cc2)N(CCO)C(=O)[C@H]13. The van der Waals surface area contributed by atoms with E-state index in [2.05, 4.69) is 29.1 Å². The number of allylic oxidation sites excluding steroid dienone is 1. The Kier molecular flexibility index (Phi) is 8.70. The molecule has 3 aliphatic rings. The highest BCUT2D eigenvalue weighted by Gasteiger charge is 2.76. The number of fused-ring (bicyclic) bond motifs is 1. The number of amides is 2. The maximum Gasteiger partial charge on any atom is 0.310 e. The average molecular weight is 594 g/mol. The molecule has 200 valence electrons. The van der Waals surface area contributed by atoms with E-state index in [1.54, 1.807) is 60.2 Å². The Morgan fingerprint density at radius 1 is 1.30 bits per heavy atom. The lowest BCUT2D eigenvalue weighted by Crippen LogP contribution is -2.56. The zero-order valence-corrected chi connectivity index (χ0v) is 23.3. The largest absolute Gasteiger partial charge is 0.497 e. The minimum absolute atomic E-state index is 0.0112. The van der Waals surface area contributed by atoms with Crippen molar-refractivity contribution in [3.63, 3.8) is 0 Å². The second kappa shape index (κ2) is 11.6. The number of aliphatic hydroxyl groups excluding tert-OH is 1. The number of β-amino-alcohol motifs (C(OH)–C–C–N with tert-alkyl or cyclic N) is 1. The zero-order chi connectivity index (χ0) is 26.7. The molecule has 0 saturated carbocycles. The Morgan fingerprint density at radius 3 is 2.65 bits per heavy atom. The van der Waals surface area contributed by atoms with Crippen molar-refractivity contribution in [1.29, 1.82) is 0 Å². The number of anilines is 1. The van der Waals surface area contributed by atoms with Gasteiger partial charge in [0.05, 0.1) is 36.9 Å². The van der Waals surface area contributed by atoms with Gasteiger partial charge in [-0.3, -0.25) is 14.4 Å². The Labute approximate surface area is 230 Å². The molecule has 3 fully saturated rings. The molecule has 1 aromatic carbocycles. The van der Waals surface area contributed by atoms with E-state index < -0.39 is 28.6 Å². The number of ether oxygens (including phenoxy) is 2. The average Bonchev–Trinajstić information content (AvgIpc) is 3.48. The highest BCUT2D eigenvalue weighted by atomic mass is 79.9. The molecule has 1 spiro atoms. The van der Waals surface area contributed by atoms with Gasteiger partial charge in [0, 0.05) is 28.9 Å². The van der Waals surface area contributed by atoms with E-state index in [0.29, 0.717) is 24.3 Å². The summed E-state index contributed by atoms with van der Waals surface area (Å²) < 4.78 is 10.0. The van der Waals surface area contributed by atoms with Crippen molar-refractivity contribution in [2.24, 2.45) is 11.8 Å². The molecule has 37 heavy (non-hydrogen) atoms. The number of halogens is 1. The van der Waals surface area contributed by atoms with Gasteiger partial charge in [0.1, 0.15) is 11.8 Å². The minimum atomic E-state index is -0.840. The van der Waals surface area contributed by atoms with Crippen molar-refractivity contribution in [2.45, 2.75) is 40.1 Å². The van der Waals surface area contributed by atoms with Crippen LogP contribution < -0.4 is 9.64 Å². The summed E-state index contributed by atoms with van der Waals surface area (Å²) >= 11 is 5.28. The fourth-order valence-corrected chi connectivity index (χ4v) is 9.48. The van der Waals surface area contributed by atoms with Crippen LogP contribution in [0.2, 0.25) is 0 Å². The summed E-state index contributed by atoms with van der Waals surface area (Å²) in [6.07, 6.45) is 5.36. The van der Waals surface area contributed by atoms with Crippen LogP contribution in [-0.2, 0) is 19.1 Å². The van der Waals surface area contributed by atoms with E-state index >= 15 is 0 Å². The smallest absolute Gasteiger partial charge is 0.310 e. The number of carbonyl (C=O) groups excluding carboxylic acids is 3. The predicted molar refractivity (Wildman–Crippen MR) is 147 cm³/mol. The highest BCUT2D eigenvalue weighted by molar-refractivity contribution is 9.09. The lowest BCUT2D eigenvalue weighted by Gasteiger charge is -2.37. The predicted octanol–water partition coefficient (Wildman–Crippen LogP) is 3.18. The molecule has 4 rings (SSSR count). The van der Waals surface area contributed by atoms with Crippen molar-refractivity contribution >= 4 is 51.2 Å². The number of benzene rings is 1. The van der Waals surface area contributed by atoms with Crippen LogP contribution in [0.1, 0.15) is 19.3 Å². The summed E-state index contributed by atoms with van der Waals surface area (Å²) in [5, 5.41) is 9.64. The number of esters is 1. The van der Waals surface area contributed by atoms with Gasteiger partial charge in [-0.05, 0) is 43.5 Å². The number of hydrogen-bond donors (Lipinski definition) is 1. The quantitative estimate of drug-likeness (QED) is 0.172. The fraction of sp³-hybridized carbons (Fsp3) is 0.519. The topological polar surface area (TPSA) is 96.4 Å². The molecule has 3 unspecified atom stereocenters. The van der Waals surface area contributed by atoms with Crippen LogP contribution in [0.4, 0.5) is 5.69 Å². The van der Waals surface area contributed by atoms with Crippen molar-refractivity contribution in [1.82, 2.24) is 4.90 Å². The molecule has 2 bridgehead atoms. The number of likely N-dealkylation sites (tertiary alicyclic amines) is 1. The van der Waals surface area contributed by atoms with Crippen LogP contribution in [0.5, 0.6) is 5.75 Å². The molecular weight excluding hydrogens is 560 g/mol. The van der Waals surface area contributed by atoms with Crippen LogP contribution in [0.25, 0.3) is 0 Å². The maximum atomic E-state index is 14.3. The fourth-order valence-electron chi connectivity index (χ4n) is 5.88. The summed E-state index contributed by atoms with van der Waals surface area (Å²) in [4.78, 5) is 44.4. The Morgan fingerprint density at radius 2 is 2.03 bits per heavy atom. The molecule has 0 radical (unpaired) electrons. The highest BCUT2D eigenvalue weighted by Crippen LogP contribution is 2.68. The second-order valence-corrected chi connectivity index (χ2v) is 12.2. The molecule has 10 heteroatoms. The van der Waals surface area contributed by atoms with E-state index in [1.807, 2.05) is 0 Å². The molecule has 3 aliphatic heterocycles. The zero-order valence-electron chi connectivity index (χ0n) is 20.9. The van der Waals surface area contributed by atoms with E-state index in [0.717, 1.165) is 6.42 Å². The van der Waals surface area contributed by atoms with Gasteiger partial charge in [0.25, 0.3) is 5.91 Å². The van der Waals surface area contributed by atoms with Gasteiger partial charge in [-0.1, -0.05) is 28.1 Å². The van der Waals surface area contributed by atoms with Gasteiger partial charge in [-0.15, -0.1) is 24.9 Å². The summed E-state index contributed by atoms with van der Waals surface area (Å²) in [6.45, 7) is 7.73. The number of nitrogens with zero attached hydrogens (tertiary/aromatic N) is 2. The van der Waals surface area contributed by atoms with E-state index in [1.165, 1.54) is 4.90 Å². The number of aliphatic hydroxyl groups is 1. The number of unbranched alkanes of at least 4 members (excludes halogenated alkanes) is 1. The number of alkyl halides is 1. The van der Waals surface area contributed by atoms with Crippen molar-refractivity contribution in [3.05, 3.63) is 49.6 Å². The first-order valence-corrected chi connectivity index (χ1v) is 14.2. The molecule has 0 aliphatic carbocycles. The van der Waals surface area contributed by atoms with Crippen LogP contribution in [0, 0.1) is 11.8 Å². The third kappa shape index (κ3) is 4.83. The number of hydrogen-bond acceptors (Lipinski definition) is 7. The molecule has 1 aromatic rings. The lowest BCUT2D eigenvalue weighted by molar-refractivity contribution is -0.154. The molecule has 8 nitrogen and oxygen atoms in total. The molecular formula is C27H33BrN2O6S. The summed E-state index contributed by atoms with van der Waals surface area (Å²) in [5.41, 5.74) is 0.646. The third-order valence-electron chi connectivity index (χ3n) is 7.39. The van der Waals surface area contributed by atoms with Crippen molar-refractivity contribution in [3.8, 4) is 5.75 Å². The Balaban J connectivity index is 1.69. The maximum absolute atomic E-state index is 14.3. The molecule has 0 aromatic heterocycles. The number of thioether (sulfide) groups is 1. The van der Waals surface area contributed by atoms with E-state index in [4.69, 9.17) is 9.47 Å². The van der Waals surface area contributed by atoms with Crippen LogP contribution in [0.3, 0.4) is 0 Å². The lowest BCUT2D eigenvalue weighted by atomic mass is 9.71. The van der Waals surface area contributed by atoms with Crippen LogP contribution in [-0.4, -0.2) is 82.1 Å². The first kappa shape index (κ1) is 27.7. The molecule has 2 amide bonds. The summed E-state index contributed by atoms with van der Waals surface area (Å²) in [7, 11) is 1.57. The second-order valence-electron chi connectivity index (χ2n) is 9.45. The van der Waals surface area contributed by atoms with Crippen LogP contribution in [0.15, 0.2) is 49.6 Å². The Hall–Kier alpha value is -2.30. The minimum Gasteiger partial charge on any atom is -0.497 e. The van der Waals surface area contributed by atoms with Gasteiger partial charge in [0.2, 0.25) is 5.91 Å². The number of rotatable bonds is 12. The summed E-state index contributed by atoms with van der Waals surface area (Å²) in [5.74, 6) is -1.63. The molecule has 3 heterocycles. The summed E-state index contributed by atoms with van der Waals surface area (Å²) in [6, 6.07) is 6.28. The molecule has 3 saturated heterocycles. The van der Waals surface area contributed by atoms with Crippen molar-refractivity contribution < 1.29 is 29.0 Å². The monoisotopic (exact) mass is 592 g/mol. The van der Waals surface area contributed by atoms with E-state index in [-0.39, 0.29) is 48.2 Å². The third-order valence-corrected chi connectivity index (χ3v) is 10.6. The van der Waals surface area contributed by atoms with E-state index in [9.17, 15) is 19.5 Å². The van der Waals surface area contributed by atoms with Gasteiger partial charge in [-0.2, -0.15) is 0 Å². The number of methoxy groups -OCH3 is 1. The van der Waals surface area contributed by atoms with Gasteiger partial charge in [-0.25, -0.2) is 0 Å². The first-order chi connectivity index (χ1) is 17.8. The Bertz CT molecular complexity index is 1050. The van der Waals surface area contributed by atoms with Crippen LogP contribution >= 0.6 is 27.7 Å². The normalized spacial score (nSPS) is 29.6. The first-order valence-electron chi connectivity index (χ1n) is 12.4.